The molecular weight excluding hydrogens is 428 g/mol. The van der Waals surface area contributed by atoms with E-state index in [9.17, 15) is 9.90 Å². The fraction of sp³-hybridized carbons (Fsp3) is 0.500. The number of phenols is 1. The number of halogens is 1. The second-order valence-corrected chi connectivity index (χ2v) is 10.2. The molecule has 0 spiro atoms. The Bertz CT molecular complexity index is 948. The molecule has 174 valence electrons. The van der Waals surface area contributed by atoms with Crippen LogP contribution in [0.1, 0.15) is 57.7 Å². The van der Waals surface area contributed by atoms with Crippen LogP contribution in [0.15, 0.2) is 36.4 Å². The zero-order valence-corrected chi connectivity index (χ0v) is 20.3. The van der Waals surface area contributed by atoms with E-state index in [2.05, 4.69) is 20.8 Å². The molecule has 0 fully saturated rings. The van der Waals surface area contributed by atoms with Gasteiger partial charge in [-0.3, -0.25) is 4.79 Å². The van der Waals surface area contributed by atoms with Gasteiger partial charge in [0, 0.05) is 5.56 Å². The van der Waals surface area contributed by atoms with Crippen LogP contribution in [0, 0.1) is 0 Å². The third kappa shape index (κ3) is 5.89. The number of benzene rings is 2. The maximum atomic E-state index is 11.7. The Hall–Kier alpha value is -2.40. The molecule has 1 N–H and O–H groups in total. The van der Waals surface area contributed by atoms with Crippen LogP contribution in [-0.2, 0) is 27.8 Å². The van der Waals surface area contributed by atoms with Crippen LogP contribution in [0.25, 0.3) is 0 Å². The third-order valence-electron chi connectivity index (χ3n) is 5.69. The number of hydrogen-bond donors (Lipinski definition) is 1. The smallest absolute Gasteiger partial charge is 0.324 e. The van der Waals surface area contributed by atoms with E-state index in [1.54, 1.807) is 6.92 Å². The number of aromatic hydroxyl groups is 1. The first-order valence-corrected chi connectivity index (χ1v) is 11.5. The number of esters is 1. The average Bonchev–Trinajstić information content (AvgIpc) is 2.72. The summed E-state index contributed by atoms with van der Waals surface area (Å²) in [5.41, 5.74) is 2.19. The van der Waals surface area contributed by atoms with Crippen molar-refractivity contribution in [1.29, 1.82) is 0 Å². The minimum atomic E-state index is -0.700. The van der Waals surface area contributed by atoms with Crippen molar-refractivity contribution in [2.75, 3.05) is 13.2 Å². The molecule has 0 saturated carbocycles. The number of alkyl halides is 1. The van der Waals surface area contributed by atoms with Crippen LogP contribution in [0.5, 0.6) is 17.2 Å². The van der Waals surface area contributed by atoms with Crippen molar-refractivity contribution in [3.63, 3.8) is 0 Å². The Labute approximate surface area is 195 Å². The van der Waals surface area contributed by atoms with E-state index in [0.717, 1.165) is 41.0 Å². The van der Waals surface area contributed by atoms with Gasteiger partial charge in [0.15, 0.2) is 0 Å². The number of fused-ring (bicyclic) bond motifs is 1. The highest BCUT2D eigenvalue weighted by atomic mass is 35.5. The van der Waals surface area contributed by atoms with Crippen LogP contribution >= 0.6 is 11.6 Å². The lowest BCUT2D eigenvalue weighted by atomic mass is 9.84. The van der Waals surface area contributed by atoms with Crippen molar-refractivity contribution in [1.82, 2.24) is 0 Å². The molecule has 5 nitrogen and oxygen atoms in total. The van der Waals surface area contributed by atoms with Gasteiger partial charge in [-0.15, -0.1) is 11.6 Å². The monoisotopic (exact) mass is 460 g/mol. The summed E-state index contributed by atoms with van der Waals surface area (Å²) in [6.07, 6.45) is 2.01. The summed E-state index contributed by atoms with van der Waals surface area (Å²) in [7, 11) is 0. The highest BCUT2D eigenvalue weighted by molar-refractivity contribution is 6.30. The van der Waals surface area contributed by atoms with Gasteiger partial charge in [-0.25, -0.2) is 0 Å². The molecule has 6 heteroatoms. The Balaban J connectivity index is 1.62. The maximum absolute atomic E-state index is 11.7. The standard InChI is InChI=1S/C26H33ClO5/c1-6-30-24(29)21(27)13-17-7-9-19(10-8-17)31-16-26(5)12-11-18-14-22(28)20(25(2,3)4)15-23(18)32-26/h7-10,14-15,21,28H,6,11-13,16H2,1-5H3. The van der Waals surface area contributed by atoms with E-state index < -0.39 is 16.9 Å². The quantitative estimate of drug-likeness (QED) is 0.432. The van der Waals surface area contributed by atoms with Crippen molar-refractivity contribution >= 4 is 17.6 Å². The van der Waals surface area contributed by atoms with Gasteiger partial charge in [-0.1, -0.05) is 32.9 Å². The Morgan fingerprint density at radius 1 is 1.25 bits per heavy atom. The van der Waals surface area contributed by atoms with Crippen LogP contribution < -0.4 is 9.47 Å². The summed E-state index contributed by atoms with van der Waals surface area (Å²) in [6.45, 7) is 10.7. The normalized spacial score (nSPS) is 18.9. The molecule has 2 unspecified atom stereocenters. The van der Waals surface area contributed by atoms with Crippen LogP contribution in [0.2, 0.25) is 0 Å². The minimum Gasteiger partial charge on any atom is -0.508 e. The van der Waals surface area contributed by atoms with Gasteiger partial charge in [-0.2, -0.15) is 0 Å². The molecule has 2 aromatic carbocycles. The van der Waals surface area contributed by atoms with Crippen molar-refractivity contribution < 1.29 is 24.1 Å². The Kier molecular flexibility index (Phi) is 7.29. The van der Waals surface area contributed by atoms with Crippen LogP contribution in [0.3, 0.4) is 0 Å². The minimum absolute atomic E-state index is 0.177. The molecule has 0 aliphatic carbocycles. The average molecular weight is 461 g/mol. The summed E-state index contributed by atoms with van der Waals surface area (Å²) >= 11 is 6.12. The third-order valence-corrected chi connectivity index (χ3v) is 6.02. The molecule has 1 heterocycles. The number of phenolic OH excluding ortho intramolecular Hbond substituents is 1. The molecule has 0 bridgehead atoms. The molecular formula is C26H33ClO5. The summed E-state index contributed by atoms with van der Waals surface area (Å²) in [4.78, 5) is 11.7. The predicted molar refractivity (Wildman–Crippen MR) is 126 cm³/mol. The SMILES string of the molecule is CCOC(=O)C(Cl)Cc1ccc(OCC2(C)CCc3cc(O)c(C(C)(C)C)cc3O2)cc1. The molecule has 0 aromatic heterocycles. The number of rotatable bonds is 7. The van der Waals surface area contributed by atoms with E-state index >= 15 is 0 Å². The van der Waals surface area contributed by atoms with Gasteiger partial charge in [0.1, 0.15) is 34.8 Å². The number of aryl methyl sites for hydroxylation is 1. The van der Waals surface area contributed by atoms with E-state index in [1.165, 1.54) is 0 Å². The molecule has 0 radical (unpaired) electrons. The second kappa shape index (κ2) is 9.62. The molecule has 0 saturated heterocycles. The van der Waals surface area contributed by atoms with E-state index in [0.29, 0.717) is 25.4 Å². The largest absolute Gasteiger partial charge is 0.508 e. The van der Waals surface area contributed by atoms with Gasteiger partial charge < -0.3 is 19.3 Å². The lowest BCUT2D eigenvalue weighted by Crippen LogP contribution is -2.42. The molecule has 3 rings (SSSR count). The van der Waals surface area contributed by atoms with Crippen molar-refractivity contribution in [3.8, 4) is 17.2 Å². The number of carbonyl (C=O) groups is 1. The number of carbonyl (C=O) groups excluding carboxylic acids is 1. The van der Waals surface area contributed by atoms with E-state index in [-0.39, 0.29) is 5.41 Å². The second-order valence-electron chi connectivity index (χ2n) is 9.64. The van der Waals surface area contributed by atoms with E-state index in [4.69, 9.17) is 25.8 Å². The predicted octanol–water partition coefficient (Wildman–Crippen LogP) is 5.57. The topological polar surface area (TPSA) is 65.0 Å². The van der Waals surface area contributed by atoms with Gasteiger partial charge in [0.05, 0.1) is 6.61 Å². The fourth-order valence-corrected chi connectivity index (χ4v) is 4.04. The Morgan fingerprint density at radius 2 is 1.94 bits per heavy atom. The zero-order chi connectivity index (χ0) is 23.5. The van der Waals surface area contributed by atoms with Gasteiger partial charge in [0.2, 0.25) is 0 Å². The lowest BCUT2D eigenvalue weighted by molar-refractivity contribution is -0.142. The van der Waals surface area contributed by atoms with Gasteiger partial charge >= 0.3 is 5.97 Å². The van der Waals surface area contributed by atoms with Crippen molar-refractivity contribution in [2.24, 2.45) is 0 Å². The van der Waals surface area contributed by atoms with Gasteiger partial charge in [-0.05, 0) is 73.9 Å². The van der Waals surface area contributed by atoms with E-state index in [1.807, 2.05) is 43.3 Å². The van der Waals surface area contributed by atoms with Crippen LogP contribution in [0.4, 0.5) is 0 Å². The van der Waals surface area contributed by atoms with Crippen molar-refractivity contribution in [2.45, 2.75) is 70.3 Å². The molecule has 2 atom stereocenters. The number of ether oxygens (including phenoxy) is 3. The first-order valence-electron chi connectivity index (χ1n) is 11.1. The summed E-state index contributed by atoms with van der Waals surface area (Å²) in [5, 5.41) is 9.70. The fourth-order valence-electron chi connectivity index (χ4n) is 3.80. The maximum Gasteiger partial charge on any atom is 0.324 e. The molecule has 2 aromatic rings. The summed E-state index contributed by atoms with van der Waals surface area (Å²) in [5.74, 6) is 1.46. The highest BCUT2D eigenvalue weighted by Gasteiger charge is 2.34. The first kappa shape index (κ1) is 24.2. The zero-order valence-electron chi connectivity index (χ0n) is 19.5. The van der Waals surface area contributed by atoms with Gasteiger partial charge in [0.25, 0.3) is 0 Å². The highest BCUT2D eigenvalue weighted by Crippen LogP contribution is 2.41. The molecule has 32 heavy (non-hydrogen) atoms. The summed E-state index contributed by atoms with van der Waals surface area (Å²) < 4.78 is 17.3. The first-order chi connectivity index (χ1) is 15.0. The van der Waals surface area contributed by atoms with Crippen LogP contribution in [-0.4, -0.2) is 35.3 Å². The molecule has 0 amide bonds. The Morgan fingerprint density at radius 3 is 2.56 bits per heavy atom. The molecule has 1 aliphatic rings. The van der Waals surface area contributed by atoms with Crippen molar-refractivity contribution in [3.05, 3.63) is 53.1 Å². The number of hydrogen-bond acceptors (Lipinski definition) is 5. The molecule has 1 aliphatic heterocycles. The summed E-state index contributed by atoms with van der Waals surface area (Å²) in [6, 6.07) is 11.3. The lowest BCUT2D eigenvalue weighted by Gasteiger charge is -2.36.